The fourth-order valence-electron chi connectivity index (χ4n) is 3.79. The molecule has 35 heavy (non-hydrogen) atoms. The minimum Gasteiger partial charge on any atom is -0.490 e. The smallest absolute Gasteiger partial charge is 0.258 e. The van der Waals surface area contributed by atoms with Gasteiger partial charge in [-0.1, -0.05) is 23.7 Å². The third-order valence-electron chi connectivity index (χ3n) is 5.69. The Morgan fingerprint density at radius 1 is 1.20 bits per heavy atom. The first-order valence-electron chi connectivity index (χ1n) is 10.8. The highest BCUT2D eigenvalue weighted by Gasteiger charge is 2.32. The quantitative estimate of drug-likeness (QED) is 0.570. The van der Waals surface area contributed by atoms with Crippen LogP contribution < -0.4 is 10.1 Å². The number of ether oxygens (including phenoxy) is 1. The van der Waals surface area contributed by atoms with Crippen LogP contribution in [0.2, 0.25) is 0 Å². The molecule has 3 N–H and O–H groups in total. The van der Waals surface area contributed by atoms with Crippen LogP contribution in [0.3, 0.4) is 0 Å². The molecule has 2 heterocycles. The molecule has 2 aromatic carbocycles. The Morgan fingerprint density at radius 2 is 1.89 bits per heavy atom. The van der Waals surface area contributed by atoms with E-state index in [2.05, 4.69) is 10.3 Å². The van der Waals surface area contributed by atoms with Gasteiger partial charge in [0.2, 0.25) is 0 Å². The van der Waals surface area contributed by atoms with Gasteiger partial charge in [0.25, 0.3) is 5.91 Å². The largest absolute Gasteiger partial charge is 0.490 e. The lowest BCUT2D eigenvalue weighted by atomic mass is 10.1. The highest BCUT2D eigenvalue weighted by molar-refractivity contribution is 6.43. The summed E-state index contributed by atoms with van der Waals surface area (Å²) in [5.74, 6) is -1.09. The van der Waals surface area contributed by atoms with Gasteiger partial charge in [-0.05, 0) is 43.7 Å². The lowest BCUT2D eigenvalue weighted by Crippen LogP contribution is -2.29. The van der Waals surface area contributed by atoms with Crippen LogP contribution in [0.1, 0.15) is 35.9 Å². The number of halogens is 3. The number of benzene rings is 2. The predicted molar refractivity (Wildman–Crippen MR) is 129 cm³/mol. The van der Waals surface area contributed by atoms with Crippen LogP contribution in [0.5, 0.6) is 5.75 Å². The lowest BCUT2D eigenvalue weighted by Gasteiger charge is -2.20. The third-order valence-corrected chi connectivity index (χ3v) is 6.25. The Kier molecular flexibility index (Phi) is 7.00. The van der Waals surface area contributed by atoms with Crippen LogP contribution in [0, 0.1) is 17.0 Å². The molecule has 2 aliphatic rings. The fraction of sp³-hybridized carbons (Fsp3) is 0.240. The Morgan fingerprint density at radius 3 is 2.57 bits per heavy atom. The van der Waals surface area contributed by atoms with E-state index in [0.717, 1.165) is 12.1 Å². The number of allylic oxidation sites excluding steroid dienone is 2. The average Bonchev–Trinajstić information content (AvgIpc) is 3.22. The molecule has 2 aromatic rings. The maximum Gasteiger partial charge on any atom is 0.258 e. The second kappa shape index (κ2) is 9.97. The summed E-state index contributed by atoms with van der Waals surface area (Å²) in [6.07, 6.45) is -1.11. The molecule has 7 nitrogen and oxygen atoms in total. The van der Waals surface area contributed by atoms with E-state index in [1.165, 1.54) is 35.2 Å². The number of amides is 1. The maximum atomic E-state index is 14.0. The van der Waals surface area contributed by atoms with Crippen LogP contribution in [-0.4, -0.2) is 47.0 Å². The van der Waals surface area contributed by atoms with Gasteiger partial charge in [-0.3, -0.25) is 4.79 Å². The molecular formula is C25H23ClF2N4O3. The second-order valence-electron chi connectivity index (χ2n) is 8.25. The number of nitrogens with zero attached hydrogens (tertiary/aromatic N) is 2. The number of carbonyl (C=O) groups excluding carboxylic acids is 1. The highest BCUT2D eigenvalue weighted by atomic mass is 35.5. The summed E-state index contributed by atoms with van der Waals surface area (Å²) in [6.45, 7) is 3.45. The van der Waals surface area contributed by atoms with Crippen molar-refractivity contribution in [1.82, 2.24) is 10.2 Å². The van der Waals surface area contributed by atoms with E-state index in [4.69, 9.17) is 21.7 Å². The molecule has 0 radical (unpaired) electrons. The Labute approximate surface area is 205 Å². The van der Waals surface area contributed by atoms with Gasteiger partial charge in [0.1, 0.15) is 35.9 Å². The van der Waals surface area contributed by atoms with E-state index in [0.29, 0.717) is 33.4 Å². The van der Waals surface area contributed by atoms with Crippen molar-refractivity contribution in [2.24, 2.45) is 4.99 Å². The molecule has 10 heteroatoms. The first-order valence-corrected chi connectivity index (χ1v) is 11.2. The summed E-state index contributed by atoms with van der Waals surface area (Å²) in [6, 6.07) is 8.77. The van der Waals surface area contributed by atoms with Crippen LogP contribution in [0.15, 0.2) is 69.6 Å². The Balaban J connectivity index is 1.53. The van der Waals surface area contributed by atoms with E-state index in [1.54, 1.807) is 13.8 Å². The lowest BCUT2D eigenvalue weighted by molar-refractivity contribution is 0.0787. The third kappa shape index (κ3) is 5.26. The Bertz CT molecular complexity index is 1290. The number of rotatable bonds is 5. The van der Waals surface area contributed by atoms with E-state index in [-0.39, 0.29) is 36.7 Å². The van der Waals surface area contributed by atoms with Crippen molar-refractivity contribution in [2.45, 2.75) is 20.0 Å². The molecule has 4 rings (SSSR count). The van der Waals surface area contributed by atoms with Gasteiger partial charge >= 0.3 is 0 Å². The number of hydrogen-bond donors (Lipinski definition) is 3. The van der Waals surface area contributed by atoms with Crippen LogP contribution in [-0.2, 0) is 0 Å². The number of likely N-dealkylation sites (tertiary alicyclic amines) is 1. The van der Waals surface area contributed by atoms with Crippen molar-refractivity contribution < 1.29 is 23.4 Å². The molecule has 182 valence electrons. The zero-order valence-electron chi connectivity index (χ0n) is 19.0. The van der Waals surface area contributed by atoms with Crippen molar-refractivity contribution in [2.75, 3.05) is 19.7 Å². The van der Waals surface area contributed by atoms with Gasteiger partial charge in [0, 0.05) is 17.3 Å². The standard InChI is InChI=1S/C25H23ClF2N4O3/c1-13-23(26)14(2)31-24(30-13)19-10-32(11-20(19)29)25(34)18-8-7-17(28)9-22(18)35-12-21(33)15-3-5-16(27)6-4-15/h3-9,21,29-30,33H,10-12H2,1-2H3/b24-19+,29-20?. The van der Waals surface area contributed by atoms with Crippen LogP contribution >= 0.6 is 11.6 Å². The number of nitrogens with one attached hydrogen (secondary N) is 2. The molecule has 0 aliphatic carbocycles. The van der Waals surface area contributed by atoms with E-state index < -0.39 is 23.6 Å². The topological polar surface area (TPSA) is 98.0 Å². The summed E-state index contributed by atoms with van der Waals surface area (Å²) in [4.78, 5) is 19.1. The zero-order valence-corrected chi connectivity index (χ0v) is 19.8. The van der Waals surface area contributed by atoms with Gasteiger partial charge in [-0.2, -0.15) is 0 Å². The average molecular weight is 501 g/mol. The van der Waals surface area contributed by atoms with Gasteiger partial charge in [0.05, 0.1) is 35.1 Å². The summed E-state index contributed by atoms with van der Waals surface area (Å²) in [5, 5.41) is 22.3. The van der Waals surface area contributed by atoms with Gasteiger partial charge in [0.15, 0.2) is 0 Å². The molecule has 1 fully saturated rings. The van der Waals surface area contributed by atoms with Crippen molar-refractivity contribution in [1.29, 1.82) is 5.41 Å². The monoisotopic (exact) mass is 500 g/mol. The summed E-state index contributed by atoms with van der Waals surface area (Å²) in [5.41, 5.74) is 2.59. The number of aliphatic imine (C=N–C) groups is 1. The molecule has 2 aliphatic heterocycles. The minimum absolute atomic E-state index is 0.0411. The molecule has 0 aromatic heterocycles. The van der Waals surface area contributed by atoms with Gasteiger partial charge in [-0.25, -0.2) is 13.8 Å². The van der Waals surface area contributed by atoms with Crippen molar-refractivity contribution in [3.63, 3.8) is 0 Å². The molecule has 1 saturated heterocycles. The zero-order chi connectivity index (χ0) is 25.3. The maximum absolute atomic E-state index is 14.0. The van der Waals surface area contributed by atoms with Crippen molar-refractivity contribution in [3.05, 3.63) is 87.3 Å². The fourth-order valence-corrected chi connectivity index (χ4v) is 3.88. The summed E-state index contributed by atoms with van der Waals surface area (Å²) >= 11 is 6.18. The van der Waals surface area contributed by atoms with E-state index in [9.17, 15) is 18.7 Å². The molecule has 0 bridgehead atoms. The SMILES string of the molecule is CC1=N/C(=C2\CN(C(=O)c3ccc(F)cc3OCC(O)c3ccc(F)cc3)CC2=N)NC(C)=C1Cl. The number of hydrogen-bond acceptors (Lipinski definition) is 6. The number of carbonyl (C=O) groups is 1. The molecule has 1 amide bonds. The van der Waals surface area contributed by atoms with Crippen LogP contribution in [0.4, 0.5) is 8.78 Å². The summed E-state index contributed by atoms with van der Waals surface area (Å²) in [7, 11) is 0. The van der Waals surface area contributed by atoms with Gasteiger partial charge < -0.3 is 25.5 Å². The first kappa shape index (κ1) is 24.6. The predicted octanol–water partition coefficient (Wildman–Crippen LogP) is 4.30. The highest BCUT2D eigenvalue weighted by Crippen LogP contribution is 2.28. The first-order chi connectivity index (χ1) is 16.6. The number of aliphatic hydroxyl groups excluding tert-OH is 1. The van der Waals surface area contributed by atoms with Gasteiger partial charge in [-0.15, -0.1) is 0 Å². The molecule has 1 unspecified atom stereocenters. The minimum atomic E-state index is -1.11. The number of aliphatic hydroxyl groups is 1. The molecular weight excluding hydrogens is 478 g/mol. The molecule has 0 saturated carbocycles. The van der Waals surface area contributed by atoms with E-state index in [1.807, 2.05) is 0 Å². The van der Waals surface area contributed by atoms with E-state index >= 15 is 0 Å². The molecule has 1 atom stereocenters. The molecule has 0 spiro atoms. The second-order valence-corrected chi connectivity index (χ2v) is 8.62. The van der Waals surface area contributed by atoms with Crippen molar-refractivity contribution >= 4 is 28.9 Å². The Hall–Kier alpha value is -3.56. The normalized spacial score (nSPS) is 19.0. The van der Waals surface area contributed by atoms with Crippen molar-refractivity contribution in [3.8, 4) is 5.75 Å². The van der Waals surface area contributed by atoms with Crippen LogP contribution in [0.25, 0.3) is 0 Å². The summed E-state index contributed by atoms with van der Waals surface area (Å²) < 4.78 is 32.7.